The molecule has 0 saturated heterocycles. The highest BCUT2D eigenvalue weighted by atomic mass is 35.5. The van der Waals surface area contributed by atoms with Crippen LogP contribution in [-0.4, -0.2) is 34.9 Å². The summed E-state index contributed by atoms with van der Waals surface area (Å²) >= 11 is 0. The van der Waals surface area contributed by atoms with Crippen LogP contribution in [0.5, 0.6) is 11.5 Å². The van der Waals surface area contributed by atoms with Gasteiger partial charge in [-0.2, -0.15) is 0 Å². The van der Waals surface area contributed by atoms with Crippen molar-refractivity contribution in [1.29, 1.82) is 0 Å². The van der Waals surface area contributed by atoms with E-state index in [4.69, 9.17) is 9.47 Å². The van der Waals surface area contributed by atoms with Crippen LogP contribution in [0.2, 0.25) is 0 Å². The number of rotatable bonds is 15. The minimum Gasteiger partial charge on any atom is -0.506 e. The van der Waals surface area contributed by atoms with Crippen molar-refractivity contribution < 1.29 is 18.8 Å². The number of benzene rings is 3. The Bertz CT molecular complexity index is 1160. The summed E-state index contributed by atoms with van der Waals surface area (Å²) in [5, 5.41) is 16.5. The monoisotopic (exact) mass is 558 g/mol. The Hall–Kier alpha value is -2.58. The third-order valence-electron chi connectivity index (χ3n) is 6.61. The van der Waals surface area contributed by atoms with Crippen LogP contribution < -0.4 is 15.4 Å². The zero-order valence-corrected chi connectivity index (χ0v) is 23.6. The molecule has 0 fully saturated rings. The Morgan fingerprint density at radius 2 is 1.74 bits per heavy atom. The van der Waals surface area contributed by atoms with E-state index in [-0.39, 0.29) is 24.3 Å². The summed E-state index contributed by atoms with van der Waals surface area (Å²) < 4.78 is 24.4. The van der Waals surface area contributed by atoms with Gasteiger partial charge in [-0.15, -0.1) is 12.4 Å². The van der Waals surface area contributed by atoms with E-state index in [1.54, 1.807) is 6.07 Å². The van der Waals surface area contributed by atoms with Crippen molar-refractivity contribution in [2.24, 2.45) is 0 Å². The highest BCUT2D eigenvalue weighted by molar-refractivity contribution is 7.85. The number of aromatic hydroxyl groups is 1. The van der Waals surface area contributed by atoms with Gasteiger partial charge in [0.2, 0.25) is 0 Å². The van der Waals surface area contributed by atoms with Crippen molar-refractivity contribution in [3.8, 4) is 11.5 Å². The lowest BCUT2D eigenvalue weighted by Crippen LogP contribution is -2.19. The van der Waals surface area contributed by atoms with E-state index in [0.717, 1.165) is 79.1 Å². The molecule has 3 aromatic rings. The van der Waals surface area contributed by atoms with E-state index in [1.807, 2.05) is 42.5 Å². The molecule has 1 aliphatic heterocycles. The zero-order valence-electron chi connectivity index (χ0n) is 22.0. The maximum atomic E-state index is 12.2. The van der Waals surface area contributed by atoms with Gasteiger partial charge in [-0.05, 0) is 62.5 Å². The fourth-order valence-corrected chi connectivity index (χ4v) is 5.83. The second-order valence-electron chi connectivity index (χ2n) is 9.35. The molecule has 0 bridgehead atoms. The molecule has 2 unspecified atom stereocenters. The minimum absolute atomic E-state index is 0. The molecule has 8 heteroatoms. The SMILES string of the molecule is CC(OCCCCCCNCCc1ccc(O)c2c1S(=O)CN2)c1ccccc1OCc1ccccc1.Cl. The molecule has 38 heavy (non-hydrogen) atoms. The van der Waals surface area contributed by atoms with Crippen molar-refractivity contribution in [3.05, 3.63) is 83.4 Å². The Kier molecular flexibility index (Phi) is 12.4. The van der Waals surface area contributed by atoms with Gasteiger partial charge in [-0.25, -0.2) is 0 Å². The number of hydrogen-bond acceptors (Lipinski definition) is 6. The van der Waals surface area contributed by atoms with Crippen LogP contribution in [0.15, 0.2) is 71.6 Å². The van der Waals surface area contributed by atoms with Crippen LogP contribution in [0.3, 0.4) is 0 Å². The van der Waals surface area contributed by atoms with Crippen molar-refractivity contribution in [1.82, 2.24) is 5.32 Å². The molecule has 2 atom stereocenters. The number of nitrogens with one attached hydrogen (secondary N) is 2. The molecule has 0 aliphatic carbocycles. The average Bonchev–Trinajstić information content (AvgIpc) is 3.33. The van der Waals surface area contributed by atoms with Crippen LogP contribution >= 0.6 is 12.4 Å². The van der Waals surface area contributed by atoms with Crippen LogP contribution in [0.4, 0.5) is 5.69 Å². The van der Waals surface area contributed by atoms with Gasteiger partial charge in [0, 0.05) is 12.2 Å². The topological polar surface area (TPSA) is 79.8 Å². The molecular weight excluding hydrogens is 520 g/mol. The summed E-state index contributed by atoms with van der Waals surface area (Å²) in [7, 11) is -1.08. The number of halogens is 1. The van der Waals surface area contributed by atoms with Crippen molar-refractivity contribution in [3.63, 3.8) is 0 Å². The van der Waals surface area contributed by atoms with Gasteiger partial charge < -0.3 is 25.2 Å². The number of hydrogen-bond donors (Lipinski definition) is 3. The quantitative estimate of drug-likeness (QED) is 0.149. The summed E-state index contributed by atoms with van der Waals surface area (Å²) in [6.45, 7) is 5.17. The van der Waals surface area contributed by atoms with Gasteiger partial charge in [0.05, 0.1) is 33.4 Å². The van der Waals surface area contributed by atoms with E-state index < -0.39 is 10.8 Å². The molecule has 3 aromatic carbocycles. The largest absolute Gasteiger partial charge is 0.506 e. The van der Waals surface area contributed by atoms with Gasteiger partial charge in [0.1, 0.15) is 18.1 Å². The lowest BCUT2D eigenvalue weighted by atomic mass is 10.1. The molecule has 6 nitrogen and oxygen atoms in total. The van der Waals surface area contributed by atoms with Crippen LogP contribution in [0.25, 0.3) is 0 Å². The van der Waals surface area contributed by atoms with Crippen LogP contribution in [-0.2, 0) is 28.6 Å². The number of anilines is 1. The van der Waals surface area contributed by atoms with Crippen molar-refractivity contribution in [2.75, 3.05) is 30.9 Å². The average molecular weight is 559 g/mol. The van der Waals surface area contributed by atoms with Crippen molar-refractivity contribution >= 4 is 28.9 Å². The molecule has 0 spiro atoms. The number of ether oxygens (including phenoxy) is 2. The lowest BCUT2D eigenvalue weighted by Gasteiger charge is -2.18. The Morgan fingerprint density at radius 1 is 0.974 bits per heavy atom. The lowest BCUT2D eigenvalue weighted by molar-refractivity contribution is 0.0604. The highest BCUT2D eigenvalue weighted by Gasteiger charge is 2.24. The molecule has 206 valence electrons. The van der Waals surface area contributed by atoms with Gasteiger partial charge in [-0.1, -0.05) is 67.4 Å². The van der Waals surface area contributed by atoms with Gasteiger partial charge in [0.15, 0.2) is 0 Å². The number of unbranched alkanes of at least 4 members (excludes halogenated alkanes) is 3. The second kappa shape index (κ2) is 15.7. The predicted octanol–water partition coefficient (Wildman–Crippen LogP) is 6.35. The van der Waals surface area contributed by atoms with E-state index in [2.05, 4.69) is 35.8 Å². The van der Waals surface area contributed by atoms with Crippen LogP contribution in [0.1, 0.15) is 55.4 Å². The summed E-state index contributed by atoms with van der Waals surface area (Å²) in [4.78, 5) is 0.765. The Balaban J connectivity index is 0.00000400. The predicted molar refractivity (Wildman–Crippen MR) is 157 cm³/mol. The Labute approximate surface area is 235 Å². The van der Waals surface area contributed by atoms with Crippen molar-refractivity contribution in [2.45, 2.75) is 56.6 Å². The standard InChI is InChI=1S/C30H38N2O4S.ClH/c1-23(26-13-7-8-14-28(26)36-21-24-11-5-4-6-12-24)35-20-10-3-2-9-18-31-19-17-25-15-16-27(33)29-30(25)37(34)22-32-29;/h4-8,11-16,23,31-33H,2-3,9-10,17-22H2,1H3;1H. The molecule has 0 saturated carbocycles. The number of para-hydroxylation sites is 1. The molecule has 0 amide bonds. The second-order valence-corrected chi connectivity index (χ2v) is 10.7. The fraction of sp³-hybridized carbons (Fsp3) is 0.400. The third-order valence-corrected chi connectivity index (χ3v) is 7.93. The van der Waals surface area contributed by atoms with E-state index in [9.17, 15) is 9.32 Å². The molecule has 1 heterocycles. The van der Waals surface area contributed by atoms with Gasteiger partial charge in [-0.3, -0.25) is 4.21 Å². The van der Waals surface area contributed by atoms with E-state index in [0.29, 0.717) is 18.2 Å². The number of phenols is 1. The first-order valence-corrected chi connectivity index (χ1v) is 14.5. The number of fused-ring (bicyclic) bond motifs is 1. The first kappa shape index (κ1) is 30.0. The molecule has 4 rings (SSSR count). The van der Waals surface area contributed by atoms with E-state index in [1.165, 1.54) is 0 Å². The molecule has 3 N–H and O–H groups in total. The normalized spacial score (nSPS) is 14.8. The maximum absolute atomic E-state index is 12.2. The molecule has 0 radical (unpaired) electrons. The first-order chi connectivity index (χ1) is 18.1. The third kappa shape index (κ3) is 8.46. The summed E-state index contributed by atoms with van der Waals surface area (Å²) in [5.74, 6) is 1.44. The van der Waals surface area contributed by atoms with E-state index >= 15 is 0 Å². The molecule has 1 aliphatic rings. The Morgan fingerprint density at radius 3 is 2.58 bits per heavy atom. The van der Waals surface area contributed by atoms with Gasteiger partial charge >= 0.3 is 0 Å². The maximum Gasteiger partial charge on any atom is 0.139 e. The summed E-state index contributed by atoms with van der Waals surface area (Å²) in [6.07, 6.45) is 5.24. The van der Waals surface area contributed by atoms with Crippen LogP contribution in [0, 0.1) is 0 Å². The highest BCUT2D eigenvalue weighted by Crippen LogP contribution is 2.37. The smallest absolute Gasteiger partial charge is 0.139 e. The first-order valence-electron chi connectivity index (χ1n) is 13.2. The molecular formula is C30H39ClN2O4S. The summed E-state index contributed by atoms with van der Waals surface area (Å²) in [5.41, 5.74) is 3.91. The summed E-state index contributed by atoms with van der Waals surface area (Å²) in [6, 6.07) is 21.9. The van der Waals surface area contributed by atoms with Gasteiger partial charge in [0.25, 0.3) is 0 Å². The zero-order chi connectivity index (χ0) is 25.9. The number of phenolic OH excluding ortho intramolecular Hbond substituents is 1. The molecule has 0 aromatic heterocycles. The minimum atomic E-state index is -1.08. The fourth-order valence-electron chi connectivity index (χ4n) is 4.54.